The first kappa shape index (κ1) is 15.0. The van der Waals surface area contributed by atoms with Crippen LogP contribution in [0, 0.1) is 6.92 Å². The molecule has 0 aromatic heterocycles. The zero-order chi connectivity index (χ0) is 16.1. The third-order valence-electron chi connectivity index (χ3n) is 4.75. The molecule has 22 heavy (non-hydrogen) atoms. The first-order chi connectivity index (χ1) is 10.4. The number of benzene rings is 1. The van der Waals surface area contributed by atoms with Gasteiger partial charge in [-0.15, -0.1) is 0 Å². The highest BCUT2D eigenvalue weighted by molar-refractivity contribution is 6.38. The summed E-state index contributed by atoms with van der Waals surface area (Å²) in [5.41, 5.74) is 5.54. The van der Waals surface area contributed by atoms with Crippen LogP contribution in [-0.2, 0) is 4.79 Å². The molecule has 0 atom stereocenters. The third kappa shape index (κ3) is 1.88. The summed E-state index contributed by atoms with van der Waals surface area (Å²) in [6.45, 7) is 1.77. The smallest absolute Gasteiger partial charge is 0.264 e. The van der Waals surface area contributed by atoms with Crippen molar-refractivity contribution in [2.75, 3.05) is 0 Å². The van der Waals surface area contributed by atoms with Crippen molar-refractivity contribution in [1.82, 2.24) is 4.90 Å². The van der Waals surface area contributed by atoms with Crippen LogP contribution in [0.1, 0.15) is 58.4 Å². The van der Waals surface area contributed by atoms with E-state index in [1.54, 1.807) is 19.1 Å². The second-order valence-corrected chi connectivity index (χ2v) is 6.40. The van der Waals surface area contributed by atoms with E-state index in [4.69, 9.17) is 17.3 Å². The van der Waals surface area contributed by atoms with Crippen LogP contribution in [0.25, 0.3) is 0 Å². The fourth-order valence-corrected chi connectivity index (χ4v) is 3.74. The van der Waals surface area contributed by atoms with Crippen LogP contribution in [0.3, 0.4) is 0 Å². The summed E-state index contributed by atoms with van der Waals surface area (Å²) >= 11 is 6.21. The van der Waals surface area contributed by atoms with Crippen LogP contribution < -0.4 is 5.73 Å². The van der Waals surface area contributed by atoms with Crippen molar-refractivity contribution >= 4 is 29.3 Å². The molecule has 1 aromatic rings. The maximum absolute atomic E-state index is 12.8. The average Bonchev–Trinajstić information content (AvgIpc) is 2.75. The van der Waals surface area contributed by atoms with Crippen LogP contribution in [-0.4, -0.2) is 28.2 Å². The zero-order valence-electron chi connectivity index (χ0n) is 12.3. The van der Waals surface area contributed by atoms with Crippen LogP contribution in [0.2, 0.25) is 5.02 Å². The van der Waals surface area contributed by atoms with Gasteiger partial charge in [-0.3, -0.25) is 19.3 Å². The summed E-state index contributed by atoms with van der Waals surface area (Å²) in [5, 5.41) is 0.272. The van der Waals surface area contributed by atoms with Gasteiger partial charge in [0.15, 0.2) is 0 Å². The number of halogens is 1. The first-order valence-electron chi connectivity index (χ1n) is 7.38. The first-order valence-corrected chi connectivity index (χ1v) is 7.76. The van der Waals surface area contributed by atoms with E-state index in [1.807, 2.05) is 0 Å². The maximum Gasteiger partial charge on any atom is 0.264 e. The van der Waals surface area contributed by atoms with Gasteiger partial charge in [-0.1, -0.05) is 36.9 Å². The van der Waals surface area contributed by atoms with Gasteiger partial charge >= 0.3 is 0 Å². The molecule has 0 saturated heterocycles. The fourth-order valence-electron chi connectivity index (χ4n) is 3.50. The lowest BCUT2D eigenvalue weighted by molar-refractivity contribution is -0.129. The quantitative estimate of drug-likeness (QED) is 0.850. The van der Waals surface area contributed by atoms with Crippen LogP contribution in [0.15, 0.2) is 12.1 Å². The molecule has 0 unspecified atom stereocenters. The molecular weight excluding hydrogens is 304 g/mol. The van der Waals surface area contributed by atoms with E-state index >= 15 is 0 Å². The minimum absolute atomic E-state index is 0.192. The molecule has 0 spiro atoms. The lowest BCUT2D eigenvalue weighted by Crippen LogP contribution is -2.60. The number of aryl methyl sites for hydroxylation is 1. The Morgan fingerprint density at radius 1 is 1.18 bits per heavy atom. The lowest BCUT2D eigenvalue weighted by atomic mass is 9.79. The number of primary amides is 1. The summed E-state index contributed by atoms with van der Waals surface area (Å²) in [7, 11) is 0. The zero-order valence-corrected chi connectivity index (χ0v) is 13.1. The van der Waals surface area contributed by atoms with E-state index in [1.165, 1.54) is 0 Å². The van der Waals surface area contributed by atoms with E-state index in [2.05, 4.69) is 0 Å². The molecule has 1 saturated carbocycles. The fraction of sp³-hybridized carbons (Fsp3) is 0.438. The molecule has 116 valence electrons. The number of fused-ring (bicyclic) bond motifs is 1. The molecule has 2 aliphatic rings. The van der Waals surface area contributed by atoms with E-state index in [0.29, 0.717) is 12.8 Å². The molecule has 1 heterocycles. The molecule has 1 aromatic carbocycles. The predicted octanol–water partition coefficient (Wildman–Crippen LogP) is 2.43. The molecule has 5 nitrogen and oxygen atoms in total. The third-order valence-corrected chi connectivity index (χ3v) is 5.24. The Morgan fingerprint density at radius 2 is 1.82 bits per heavy atom. The van der Waals surface area contributed by atoms with Gasteiger partial charge in [0.2, 0.25) is 5.91 Å². The molecule has 0 radical (unpaired) electrons. The summed E-state index contributed by atoms with van der Waals surface area (Å²) in [4.78, 5) is 38.7. The van der Waals surface area contributed by atoms with Gasteiger partial charge in [0, 0.05) is 0 Å². The van der Waals surface area contributed by atoms with Gasteiger partial charge in [-0.05, 0) is 31.4 Å². The highest BCUT2D eigenvalue weighted by Crippen LogP contribution is 2.41. The second kappa shape index (κ2) is 5.09. The van der Waals surface area contributed by atoms with Crippen LogP contribution >= 0.6 is 11.6 Å². The van der Waals surface area contributed by atoms with Crippen LogP contribution in [0.5, 0.6) is 0 Å². The van der Waals surface area contributed by atoms with Crippen molar-refractivity contribution in [3.05, 3.63) is 33.8 Å². The number of hydrogen-bond acceptors (Lipinski definition) is 3. The van der Waals surface area contributed by atoms with Gasteiger partial charge in [-0.2, -0.15) is 0 Å². The van der Waals surface area contributed by atoms with Crippen molar-refractivity contribution in [2.24, 2.45) is 5.73 Å². The second-order valence-electron chi connectivity index (χ2n) is 6.02. The number of nitrogens with two attached hydrogens (primary N) is 1. The molecular formula is C16H17ClN2O3. The highest BCUT2D eigenvalue weighted by atomic mass is 35.5. The SMILES string of the molecule is Cc1ccc2c(c1Cl)C(=O)N(C1(C(N)=O)CCCCC1)C2=O. The number of carbonyl (C=O) groups excluding carboxylic acids is 3. The Hall–Kier alpha value is -1.88. The summed E-state index contributed by atoms with van der Waals surface area (Å²) in [5.74, 6) is -1.59. The number of nitrogens with zero attached hydrogens (tertiary/aromatic N) is 1. The molecule has 1 aliphatic carbocycles. The monoisotopic (exact) mass is 320 g/mol. The van der Waals surface area contributed by atoms with E-state index in [0.717, 1.165) is 29.7 Å². The van der Waals surface area contributed by atoms with Crippen molar-refractivity contribution in [3.8, 4) is 0 Å². The van der Waals surface area contributed by atoms with Crippen molar-refractivity contribution in [2.45, 2.75) is 44.6 Å². The Labute approximate surface area is 133 Å². The summed E-state index contributed by atoms with van der Waals surface area (Å²) < 4.78 is 0. The average molecular weight is 321 g/mol. The topological polar surface area (TPSA) is 80.5 Å². The molecule has 3 amide bonds. The Morgan fingerprint density at radius 3 is 2.41 bits per heavy atom. The standard InChI is InChI=1S/C16H17ClN2O3/c1-9-5-6-10-11(12(9)17)14(21)19(13(10)20)16(15(18)22)7-3-2-4-8-16/h5-6H,2-4,7-8H2,1H3,(H2,18,22). The lowest BCUT2D eigenvalue weighted by Gasteiger charge is -2.40. The van der Waals surface area contributed by atoms with Gasteiger partial charge < -0.3 is 5.73 Å². The molecule has 6 heteroatoms. The number of carbonyl (C=O) groups is 3. The number of rotatable bonds is 2. The van der Waals surface area contributed by atoms with E-state index < -0.39 is 23.3 Å². The highest BCUT2D eigenvalue weighted by Gasteiger charge is 2.53. The van der Waals surface area contributed by atoms with Gasteiger partial charge in [-0.25, -0.2) is 0 Å². The molecule has 3 rings (SSSR count). The molecule has 0 bridgehead atoms. The number of hydrogen-bond donors (Lipinski definition) is 1. The van der Waals surface area contributed by atoms with Gasteiger partial charge in [0.1, 0.15) is 5.54 Å². The molecule has 1 fully saturated rings. The van der Waals surface area contributed by atoms with E-state index in [9.17, 15) is 14.4 Å². The summed E-state index contributed by atoms with van der Waals surface area (Å²) in [6.07, 6.45) is 3.35. The number of imide groups is 1. The Balaban J connectivity index is 2.14. The largest absolute Gasteiger partial charge is 0.368 e. The molecule has 1 aliphatic heterocycles. The van der Waals surface area contributed by atoms with Crippen molar-refractivity contribution in [1.29, 1.82) is 0 Å². The maximum atomic E-state index is 12.8. The minimum atomic E-state index is -1.22. The Bertz CT molecular complexity index is 693. The van der Waals surface area contributed by atoms with Gasteiger partial charge in [0.25, 0.3) is 11.8 Å². The van der Waals surface area contributed by atoms with Crippen molar-refractivity contribution < 1.29 is 14.4 Å². The Kier molecular flexibility index (Phi) is 3.48. The minimum Gasteiger partial charge on any atom is -0.368 e. The molecule has 2 N–H and O–H groups in total. The van der Waals surface area contributed by atoms with Crippen molar-refractivity contribution in [3.63, 3.8) is 0 Å². The predicted molar refractivity (Wildman–Crippen MR) is 81.7 cm³/mol. The summed E-state index contributed by atoms with van der Waals surface area (Å²) in [6, 6.07) is 3.29. The van der Waals surface area contributed by atoms with E-state index in [-0.39, 0.29) is 16.1 Å². The van der Waals surface area contributed by atoms with Gasteiger partial charge in [0.05, 0.1) is 16.1 Å². The van der Waals surface area contributed by atoms with Crippen LogP contribution in [0.4, 0.5) is 0 Å². The number of amides is 3. The normalized spacial score (nSPS) is 20.2.